The number of aryl methyl sites for hydroxylation is 1. The summed E-state index contributed by atoms with van der Waals surface area (Å²) in [5.74, 6) is 0. The number of nitrogens with one attached hydrogen (secondary N) is 1. The highest BCUT2D eigenvalue weighted by molar-refractivity contribution is 5.35. The average molecular weight is 234 g/mol. The van der Waals surface area contributed by atoms with E-state index in [-0.39, 0.29) is 6.04 Å². The lowest BCUT2D eigenvalue weighted by Gasteiger charge is -2.22. The smallest absolute Gasteiger partial charge is 0.0587 e. The molecule has 0 heterocycles. The minimum absolute atomic E-state index is 0.245. The molecule has 0 spiro atoms. The monoisotopic (exact) mass is 234 g/mol. The van der Waals surface area contributed by atoms with Gasteiger partial charge < -0.3 is 15.8 Å². The van der Waals surface area contributed by atoms with Gasteiger partial charge in [-0.2, -0.15) is 0 Å². The normalized spacial score (nSPS) is 19.1. The molecule has 3 N–H and O–H groups in total. The summed E-state index contributed by atoms with van der Waals surface area (Å²) < 4.78 is 5.01. The van der Waals surface area contributed by atoms with Crippen LogP contribution in [0.25, 0.3) is 0 Å². The molecule has 1 aliphatic carbocycles. The lowest BCUT2D eigenvalue weighted by atomic mass is 9.87. The maximum absolute atomic E-state index is 6.10. The highest BCUT2D eigenvalue weighted by Gasteiger charge is 2.16. The van der Waals surface area contributed by atoms with Gasteiger partial charge in [0, 0.05) is 26.2 Å². The first-order valence-corrected chi connectivity index (χ1v) is 6.38. The number of ether oxygens (including phenoxy) is 1. The Morgan fingerprint density at radius 2 is 2.35 bits per heavy atom. The number of fused-ring (bicyclic) bond motifs is 1. The van der Waals surface area contributed by atoms with Gasteiger partial charge in [0.25, 0.3) is 0 Å². The standard InChI is InChI=1S/C14H22N2O/c1-17-8-7-16-10-11-5-6-13-12(9-11)3-2-4-14(13)15/h5-6,9,14,16H,2-4,7-8,10,15H2,1H3. The predicted octanol–water partition coefficient (Wildman–Crippen LogP) is 1.76. The molecule has 1 atom stereocenters. The number of hydrogen-bond acceptors (Lipinski definition) is 3. The van der Waals surface area contributed by atoms with E-state index in [0.717, 1.165) is 26.1 Å². The Kier molecular flexibility index (Phi) is 4.54. The molecule has 0 fully saturated rings. The van der Waals surface area contributed by atoms with E-state index in [0.29, 0.717) is 0 Å². The SMILES string of the molecule is COCCNCc1ccc2c(c1)CCCC2N. The van der Waals surface area contributed by atoms with Gasteiger partial charge in [0.05, 0.1) is 6.61 Å². The van der Waals surface area contributed by atoms with E-state index in [2.05, 4.69) is 23.5 Å². The Morgan fingerprint density at radius 1 is 1.47 bits per heavy atom. The second-order valence-corrected chi connectivity index (χ2v) is 4.70. The Labute approximate surface area is 103 Å². The quantitative estimate of drug-likeness (QED) is 0.763. The van der Waals surface area contributed by atoms with Crippen LogP contribution in [0.5, 0.6) is 0 Å². The first kappa shape index (κ1) is 12.6. The molecule has 3 heteroatoms. The van der Waals surface area contributed by atoms with Crippen LogP contribution in [0, 0.1) is 0 Å². The summed E-state index contributed by atoms with van der Waals surface area (Å²) in [6.07, 6.45) is 3.52. The summed E-state index contributed by atoms with van der Waals surface area (Å²) in [5.41, 5.74) is 10.2. The van der Waals surface area contributed by atoms with Crippen LogP contribution >= 0.6 is 0 Å². The molecule has 94 valence electrons. The molecule has 0 saturated carbocycles. The number of benzene rings is 1. The molecular formula is C14H22N2O. The van der Waals surface area contributed by atoms with Crippen molar-refractivity contribution < 1.29 is 4.74 Å². The molecule has 0 aliphatic heterocycles. The molecule has 0 aromatic heterocycles. The minimum atomic E-state index is 0.245. The summed E-state index contributed by atoms with van der Waals surface area (Å²) >= 11 is 0. The number of methoxy groups -OCH3 is 1. The number of hydrogen-bond donors (Lipinski definition) is 2. The van der Waals surface area contributed by atoms with Crippen LogP contribution < -0.4 is 11.1 Å². The highest BCUT2D eigenvalue weighted by atomic mass is 16.5. The van der Waals surface area contributed by atoms with Gasteiger partial charge in [0.1, 0.15) is 0 Å². The van der Waals surface area contributed by atoms with Crippen molar-refractivity contribution in [1.29, 1.82) is 0 Å². The van der Waals surface area contributed by atoms with Crippen LogP contribution in [0.4, 0.5) is 0 Å². The molecule has 3 nitrogen and oxygen atoms in total. The van der Waals surface area contributed by atoms with E-state index >= 15 is 0 Å². The van der Waals surface area contributed by atoms with Gasteiger partial charge in [0.15, 0.2) is 0 Å². The maximum atomic E-state index is 6.10. The predicted molar refractivity (Wildman–Crippen MR) is 69.9 cm³/mol. The van der Waals surface area contributed by atoms with Gasteiger partial charge in [-0.05, 0) is 36.0 Å². The van der Waals surface area contributed by atoms with Crippen LogP contribution in [0.1, 0.15) is 35.6 Å². The van der Waals surface area contributed by atoms with Crippen molar-refractivity contribution in [1.82, 2.24) is 5.32 Å². The zero-order valence-corrected chi connectivity index (χ0v) is 10.5. The van der Waals surface area contributed by atoms with Gasteiger partial charge in [-0.3, -0.25) is 0 Å². The van der Waals surface area contributed by atoms with Crippen molar-refractivity contribution in [3.05, 3.63) is 34.9 Å². The lowest BCUT2D eigenvalue weighted by Crippen LogP contribution is -2.20. The van der Waals surface area contributed by atoms with Crippen LogP contribution in [0.3, 0.4) is 0 Å². The molecule has 0 saturated heterocycles. The van der Waals surface area contributed by atoms with Crippen LogP contribution in [-0.4, -0.2) is 20.3 Å². The molecule has 0 radical (unpaired) electrons. The second-order valence-electron chi connectivity index (χ2n) is 4.70. The van der Waals surface area contributed by atoms with Crippen molar-refractivity contribution in [3.63, 3.8) is 0 Å². The zero-order chi connectivity index (χ0) is 12.1. The van der Waals surface area contributed by atoms with Crippen molar-refractivity contribution >= 4 is 0 Å². The Morgan fingerprint density at radius 3 is 3.18 bits per heavy atom. The molecule has 2 rings (SSSR count). The van der Waals surface area contributed by atoms with Gasteiger partial charge in [0.2, 0.25) is 0 Å². The van der Waals surface area contributed by atoms with Crippen LogP contribution in [-0.2, 0) is 17.7 Å². The molecular weight excluding hydrogens is 212 g/mol. The van der Waals surface area contributed by atoms with E-state index < -0.39 is 0 Å². The summed E-state index contributed by atoms with van der Waals surface area (Å²) in [7, 11) is 1.72. The van der Waals surface area contributed by atoms with Crippen molar-refractivity contribution in [2.75, 3.05) is 20.3 Å². The molecule has 1 aliphatic rings. The van der Waals surface area contributed by atoms with Crippen LogP contribution in [0.15, 0.2) is 18.2 Å². The van der Waals surface area contributed by atoms with E-state index in [1.54, 1.807) is 7.11 Å². The fourth-order valence-electron chi connectivity index (χ4n) is 2.42. The molecule has 0 bridgehead atoms. The fraction of sp³-hybridized carbons (Fsp3) is 0.571. The summed E-state index contributed by atoms with van der Waals surface area (Å²) in [4.78, 5) is 0. The van der Waals surface area contributed by atoms with Crippen molar-refractivity contribution in [2.24, 2.45) is 5.73 Å². The van der Waals surface area contributed by atoms with E-state index in [9.17, 15) is 0 Å². The average Bonchev–Trinajstić information content (AvgIpc) is 2.35. The Balaban J connectivity index is 1.96. The van der Waals surface area contributed by atoms with Crippen molar-refractivity contribution in [3.8, 4) is 0 Å². The largest absolute Gasteiger partial charge is 0.383 e. The van der Waals surface area contributed by atoms with Gasteiger partial charge in [-0.15, -0.1) is 0 Å². The lowest BCUT2D eigenvalue weighted by molar-refractivity contribution is 0.199. The summed E-state index contributed by atoms with van der Waals surface area (Å²) in [6.45, 7) is 2.56. The molecule has 17 heavy (non-hydrogen) atoms. The molecule has 0 amide bonds. The minimum Gasteiger partial charge on any atom is -0.383 e. The van der Waals surface area contributed by atoms with Crippen molar-refractivity contribution in [2.45, 2.75) is 31.8 Å². The van der Waals surface area contributed by atoms with Gasteiger partial charge in [-0.1, -0.05) is 18.2 Å². The third-order valence-corrected chi connectivity index (χ3v) is 3.38. The number of nitrogens with two attached hydrogens (primary N) is 1. The second kappa shape index (κ2) is 6.15. The van der Waals surface area contributed by atoms with Crippen LogP contribution in [0.2, 0.25) is 0 Å². The first-order chi connectivity index (χ1) is 8.31. The Bertz CT molecular complexity index is 365. The van der Waals surface area contributed by atoms with E-state index in [1.165, 1.54) is 29.5 Å². The summed E-state index contributed by atoms with van der Waals surface area (Å²) in [6, 6.07) is 6.93. The van der Waals surface area contributed by atoms with E-state index in [1.807, 2.05) is 0 Å². The molecule has 1 unspecified atom stereocenters. The molecule has 1 aromatic rings. The summed E-state index contributed by atoms with van der Waals surface area (Å²) in [5, 5.41) is 3.36. The first-order valence-electron chi connectivity index (χ1n) is 6.38. The van der Waals surface area contributed by atoms with Gasteiger partial charge in [-0.25, -0.2) is 0 Å². The topological polar surface area (TPSA) is 47.3 Å². The highest BCUT2D eigenvalue weighted by Crippen LogP contribution is 2.28. The fourth-order valence-corrected chi connectivity index (χ4v) is 2.42. The third kappa shape index (κ3) is 3.28. The maximum Gasteiger partial charge on any atom is 0.0587 e. The zero-order valence-electron chi connectivity index (χ0n) is 10.5. The van der Waals surface area contributed by atoms with Gasteiger partial charge >= 0.3 is 0 Å². The van der Waals surface area contributed by atoms with E-state index in [4.69, 9.17) is 10.5 Å². The Hall–Kier alpha value is -0.900. The number of rotatable bonds is 5. The molecule has 1 aromatic carbocycles. The third-order valence-electron chi connectivity index (χ3n) is 3.38.